The normalized spacial score (nSPS) is 22.4. The van der Waals surface area contributed by atoms with E-state index in [-0.39, 0.29) is 30.6 Å². The van der Waals surface area contributed by atoms with Gasteiger partial charge in [0.1, 0.15) is 10.7 Å². The molecule has 2 aliphatic heterocycles. The number of benzene rings is 1. The predicted octanol–water partition coefficient (Wildman–Crippen LogP) is 1.69. The van der Waals surface area contributed by atoms with Crippen LogP contribution in [0.3, 0.4) is 0 Å². The third-order valence-corrected chi connectivity index (χ3v) is 6.94. The minimum Gasteiger partial charge on any atom is -0.478 e. The zero-order chi connectivity index (χ0) is 18.9. The van der Waals surface area contributed by atoms with Crippen LogP contribution in [-0.4, -0.2) is 60.3 Å². The van der Waals surface area contributed by atoms with Gasteiger partial charge in [-0.2, -0.15) is 4.31 Å². The van der Waals surface area contributed by atoms with Crippen LogP contribution in [0.2, 0.25) is 0 Å². The van der Waals surface area contributed by atoms with E-state index in [1.807, 2.05) is 4.90 Å². The van der Waals surface area contributed by atoms with Gasteiger partial charge >= 0.3 is 5.97 Å². The monoisotopic (exact) mass is 384 g/mol. The summed E-state index contributed by atoms with van der Waals surface area (Å²) in [6.45, 7) is 1.17. The van der Waals surface area contributed by atoms with Crippen LogP contribution < -0.4 is 0 Å². The lowest BCUT2D eigenvalue weighted by atomic mass is 10.1. The number of nitrogens with zero attached hydrogens (tertiary/aromatic N) is 2. The lowest BCUT2D eigenvalue weighted by molar-refractivity contribution is -0.129. The van der Waals surface area contributed by atoms with Gasteiger partial charge in [0.05, 0.1) is 5.56 Å². The molecule has 3 rings (SSSR count). The number of amides is 1. The van der Waals surface area contributed by atoms with Gasteiger partial charge in [0, 0.05) is 32.1 Å². The van der Waals surface area contributed by atoms with Crippen LogP contribution in [0.4, 0.5) is 4.39 Å². The van der Waals surface area contributed by atoms with Crippen molar-refractivity contribution in [3.05, 3.63) is 29.6 Å². The van der Waals surface area contributed by atoms with Gasteiger partial charge in [-0.05, 0) is 43.9 Å². The number of likely N-dealkylation sites (tertiary alicyclic amines) is 1. The van der Waals surface area contributed by atoms with E-state index >= 15 is 0 Å². The molecule has 26 heavy (non-hydrogen) atoms. The molecule has 0 bridgehead atoms. The van der Waals surface area contributed by atoms with Gasteiger partial charge in [0.15, 0.2) is 0 Å². The highest BCUT2D eigenvalue weighted by Gasteiger charge is 2.34. The molecule has 1 unspecified atom stereocenters. The summed E-state index contributed by atoms with van der Waals surface area (Å²) in [5.74, 6) is -2.28. The molecule has 1 amide bonds. The maximum atomic E-state index is 14.2. The largest absolute Gasteiger partial charge is 0.478 e. The number of halogens is 1. The molecule has 2 saturated heterocycles. The molecule has 9 heteroatoms. The van der Waals surface area contributed by atoms with Crippen molar-refractivity contribution < 1.29 is 27.5 Å². The first-order chi connectivity index (χ1) is 12.3. The molecule has 0 saturated carbocycles. The number of aromatic carboxylic acids is 1. The first-order valence-electron chi connectivity index (χ1n) is 8.63. The topological polar surface area (TPSA) is 95.0 Å². The minimum atomic E-state index is -4.06. The minimum absolute atomic E-state index is 0.0180. The maximum Gasteiger partial charge on any atom is 0.335 e. The standard InChI is InChI=1S/C17H21FN2O5S/c18-14-11-12(17(22)23)5-6-15(14)26(24,25)19-8-1-3-13(7-10-19)20-9-2-4-16(20)21/h5-6,11,13H,1-4,7-10H2,(H,22,23). The second kappa shape index (κ2) is 7.32. The van der Waals surface area contributed by atoms with Gasteiger partial charge in [0.25, 0.3) is 0 Å². The summed E-state index contributed by atoms with van der Waals surface area (Å²) < 4.78 is 41.0. The van der Waals surface area contributed by atoms with Crippen molar-refractivity contribution in [3.63, 3.8) is 0 Å². The van der Waals surface area contributed by atoms with Gasteiger partial charge in [-0.15, -0.1) is 0 Å². The van der Waals surface area contributed by atoms with Crippen molar-refractivity contribution in [1.29, 1.82) is 0 Å². The molecule has 0 aromatic heterocycles. The molecule has 1 aromatic carbocycles. The van der Waals surface area contributed by atoms with Crippen molar-refractivity contribution >= 4 is 21.9 Å². The van der Waals surface area contributed by atoms with Crippen molar-refractivity contribution in [2.45, 2.75) is 43.0 Å². The fraction of sp³-hybridized carbons (Fsp3) is 0.529. The van der Waals surface area contributed by atoms with E-state index in [0.717, 1.165) is 31.0 Å². The smallest absolute Gasteiger partial charge is 0.335 e. The average molecular weight is 384 g/mol. The van der Waals surface area contributed by atoms with E-state index in [0.29, 0.717) is 25.8 Å². The van der Waals surface area contributed by atoms with Gasteiger partial charge in [-0.25, -0.2) is 17.6 Å². The third kappa shape index (κ3) is 3.59. The molecule has 1 N–H and O–H groups in total. The van der Waals surface area contributed by atoms with Gasteiger partial charge in [-0.1, -0.05) is 0 Å². The van der Waals surface area contributed by atoms with Crippen molar-refractivity contribution in [2.75, 3.05) is 19.6 Å². The molecule has 2 heterocycles. The van der Waals surface area contributed by atoms with Crippen LogP contribution in [0.5, 0.6) is 0 Å². The van der Waals surface area contributed by atoms with Gasteiger partial charge in [0.2, 0.25) is 15.9 Å². The fourth-order valence-electron chi connectivity index (χ4n) is 3.64. The number of hydrogen-bond donors (Lipinski definition) is 1. The molecular weight excluding hydrogens is 363 g/mol. The van der Waals surface area contributed by atoms with E-state index in [1.165, 1.54) is 4.31 Å². The Morgan fingerprint density at radius 3 is 2.54 bits per heavy atom. The van der Waals surface area contributed by atoms with Gasteiger partial charge < -0.3 is 10.0 Å². The van der Waals surface area contributed by atoms with Crippen LogP contribution in [0.15, 0.2) is 23.1 Å². The van der Waals surface area contributed by atoms with Crippen LogP contribution in [0.25, 0.3) is 0 Å². The van der Waals surface area contributed by atoms with Crippen LogP contribution in [0, 0.1) is 5.82 Å². The number of carboxylic acid groups (broad SMARTS) is 1. The number of sulfonamides is 1. The second-order valence-electron chi connectivity index (χ2n) is 6.63. The number of hydrogen-bond acceptors (Lipinski definition) is 4. The van der Waals surface area contributed by atoms with Crippen LogP contribution in [0.1, 0.15) is 42.5 Å². The lowest BCUT2D eigenvalue weighted by Crippen LogP contribution is -2.38. The molecule has 142 valence electrons. The fourth-order valence-corrected chi connectivity index (χ4v) is 5.18. The maximum absolute atomic E-state index is 14.2. The summed E-state index contributed by atoms with van der Waals surface area (Å²) in [4.78, 5) is 24.1. The molecule has 2 aliphatic rings. The molecule has 0 spiro atoms. The van der Waals surface area contributed by atoms with Crippen molar-refractivity contribution in [3.8, 4) is 0 Å². The summed E-state index contributed by atoms with van der Waals surface area (Å²) in [5.41, 5.74) is -0.301. The number of carbonyl (C=O) groups excluding carboxylic acids is 1. The summed E-state index contributed by atoms with van der Waals surface area (Å²) in [7, 11) is -4.06. The third-order valence-electron chi connectivity index (χ3n) is 5.00. The Kier molecular flexibility index (Phi) is 5.29. The number of rotatable bonds is 4. The molecule has 7 nitrogen and oxygen atoms in total. The van der Waals surface area contributed by atoms with E-state index in [9.17, 15) is 22.4 Å². The summed E-state index contributed by atoms with van der Waals surface area (Å²) in [6.07, 6.45) is 3.19. The molecule has 2 fully saturated rings. The van der Waals surface area contributed by atoms with Crippen molar-refractivity contribution in [1.82, 2.24) is 9.21 Å². The summed E-state index contributed by atoms with van der Waals surface area (Å²) in [5, 5.41) is 8.88. The highest BCUT2D eigenvalue weighted by atomic mass is 32.2. The SMILES string of the molecule is O=C(O)c1ccc(S(=O)(=O)N2CCCC(N3CCCC3=O)CC2)c(F)c1. The molecule has 1 atom stereocenters. The summed E-state index contributed by atoms with van der Waals surface area (Å²) in [6, 6.07) is 2.82. The lowest BCUT2D eigenvalue weighted by Gasteiger charge is -2.26. The molecule has 1 aromatic rings. The Balaban J connectivity index is 1.77. The van der Waals surface area contributed by atoms with E-state index in [4.69, 9.17) is 5.11 Å². The number of carboxylic acids is 1. The number of carbonyl (C=O) groups is 2. The predicted molar refractivity (Wildman–Crippen MR) is 90.7 cm³/mol. The highest BCUT2D eigenvalue weighted by molar-refractivity contribution is 7.89. The Morgan fingerprint density at radius 1 is 1.15 bits per heavy atom. The van der Waals surface area contributed by atoms with E-state index in [2.05, 4.69) is 0 Å². The zero-order valence-electron chi connectivity index (χ0n) is 14.2. The quantitative estimate of drug-likeness (QED) is 0.852. The van der Waals surface area contributed by atoms with E-state index < -0.39 is 26.7 Å². The van der Waals surface area contributed by atoms with E-state index in [1.54, 1.807) is 0 Å². The zero-order valence-corrected chi connectivity index (χ0v) is 15.0. The Morgan fingerprint density at radius 2 is 1.92 bits per heavy atom. The highest BCUT2D eigenvalue weighted by Crippen LogP contribution is 2.26. The second-order valence-corrected chi connectivity index (χ2v) is 8.54. The molecule has 0 radical (unpaired) electrons. The first kappa shape index (κ1) is 18.8. The Bertz CT molecular complexity index is 826. The van der Waals surface area contributed by atoms with Crippen LogP contribution in [-0.2, 0) is 14.8 Å². The first-order valence-corrected chi connectivity index (χ1v) is 10.1. The van der Waals surface area contributed by atoms with Crippen LogP contribution >= 0.6 is 0 Å². The van der Waals surface area contributed by atoms with Gasteiger partial charge in [-0.3, -0.25) is 4.79 Å². The Labute approximate surface area is 151 Å². The molecular formula is C17H21FN2O5S. The Hall–Kier alpha value is -2.00. The average Bonchev–Trinajstić information content (AvgIpc) is 2.86. The van der Waals surface area contributed by atoms with Crippen molar-refractivity contribution in [2.24, 2.45) is 0 Å². The summed E-state index contributed by atoms with van der Waals surface area (Å²) >= 11 is 0. The molecule has 0 aliphatic carbocycles.